The number of para-hydroxylation sites is 3. The summed E-state index contributed by atoms with van der Waals surface area (Å²) < 4.78 is 16.8. The number of fused-ring (bicyclic) bond motifs is 2. The molecular weight excluding hydrogens is 404 g/mol. The first kappa shape index (κ1) is 20.3. The molecule has 168 valence electrons. The molecule has 0 unspecified atom stereocenters. The average Bonchev–Trinajstić information content (AvgIpc) is 3.38. The molecule has 3 heteroatoms. The summed E-state index contributed by atoms with van der Waals surface area (Å²) in [5.41, 5.74) is 8.57. The molecule has 0 fully saturated rings. The van der Waals surface area contributed by atoms with Crippen LogP contribution in [-0.4, -0.2) is 9.55 Å². The minimum absolute atomic E-state index is 0.366. The van der Waals surface area contributed by atoms with Gasteiger partial charge in [0.25, 0.3) is 0 Å². The number of hydrogen-bond acceptors (Lipinski definition) is 2. The molecule has 0 radical (unpaired) electrons. The van der Waals surface area contributed by atoms with Crippen LogP contribution in [0, 0.1) is 0 Å². The van der Waals surface area contributed by atoms with Gasteiger partial charge in [-0.15, -0.1) is 0 Å². The van der Waals surface area contributed by atoms with Gasteiger partial charge in [-0.05, 0) is 52.6 Å². The average molecular weight is 438 g/mol. The fourth-order valence-corrected chi connectivity index (χ4v) is 4.72. The molecule has 0 aliphatic heterocycles. The van der Waals surface area contributed by atoms with E-state index in [1.807, 2.05) is 38.3 Å². The number of benzene rings is 3. The Labute approximate surface area is 197 Å². The number of hydrogen-bond donors (Lipinski definition) is 0. The zero-order chi connectivity index (χ0) is 24.2. The van der Waals surface area contributed by atoms with Gasteiger partial charge in [0.1, 0.15) is 17.7 Å². The number of furan rings is 1. The summed E-state index contributed by atoms with van der Waals surface area (Å²) in [7, 11) is 0. The van der Waals surface area contributed by atoms with Crippen LogP contribution < -0.4 is 0 Å². The summed E-state index contributed by atoms with van der Waals surface area (Å²) in [4.78, 5) is 5.12. The Morgan fingerprint density at radius 2 is 1.55 bits per heavy atom. The second-order valence-electron chi connectivity index (χ2n) is 9.71. The molecule has 2 heterocycles. The third-order valence-electron chi connectivity index (χ3n) is 6.52. The smallest absolute Gasteiger partial charge is 0.149 e. The van der Waals surface area contributed by atoms with Crippen molar-refractivity contribution in [1.29, 1.82) is 0 Å². The van der Waals surface area contributed by atoms with Crippen LogP contribution in [0.25, 0.3) is 39.1 Å². The Hall–Kier alpha value is -3.33. The van der Waals surface area contributed by atoms with E-state index in [0.29, 0.717) is 11.8 Å². The van der Waals surface area contributed by atoms with Crippen molar-refractivity contribution in [2.75, 3.05) is 0 Å². The SMILES string of the molecule is [2H]C(C)(C)c1ccc2c(-c3nc4ccccc4n3-c3c(C(C)C)cccc3C(C)C)coc2c1. The first-order valence-electron chi connectivity index (χ1n) is 12.3. The highest BCUT2D eigenvalue weighted by molar-refractivity contribution is 5.96. The van der Waals surface area contributed by atoms with Crippen LogP contribution >= 0.6 is 0 Å². The van der Waals surface area contributed by atoms with Gasteiger partial charge in [-0.3, -0.25) is 4.57 Å². The van der Waals surface area contributed by atoms with Gasteiger partial charge in [-0.2, -0.15) is 0 Å². The zero-order valence-electron chi connectivity index (χ0n) is 21.3. The van der Waals surface area contributed by atoms with Crippen molar-refractivity contribution in [3.05, 3.63) is 83.6 Å². The van der Waals surface area contributed by atoms with Gasteiger partial charge in [0.05, 0.1) is 22.3 Å². The molecule has 3 aromatic carbocycles. The first-order valence-corrected chi connectivity index (χ1v) is 11.8. The Balaban J connectivity index is 1.86. The topological polar surface area (TPSA) is 31.0 Å². The van der Waals surface area contributed by atoms with Crippen LogP contribution in [0.3, 0.4) is 0 Å². The van der Waals surface area contributed by atoms with E-state index in [9.17, 15) is 0 Å². The normalized spacial score (nSPS) is 12.9. The molecule has 0 saturated carbocycles. The molecule has 3 nitrogen and oxygen atoms in total. The summed E-state index contributed by atoms with van der Waals surface area (Å²) in [6.45, 7) is 12.8. The van der Waals surface area contributed by atoms with Crippen molar-refractivity contribution in [2.24, 2.45) is 0 Å². The van der Waals surface area contributed by atoms with Crippen molar-refractivity contribution < 1.29 is 5.79 Å². The molecule has 5 rings (SSSR count). The minimum Gasteiger partial charge on any atom is -0.464 e. The van der Waals surface area contributed by atoms with Crippen molar-refractivity contribution in [1.82, 2.24) is 9.55 Å². The fraction of sp³-hybridized carbons (Fsp3) is 0.300. The van der Waals surface area contributed by atoms with Crippen molar-refractivity contribution in [2.45, 2.75) is 59.3 Å². The minimum atomic E-state index is -0.684. The van der Waals surface area contributed by atoms with E-state index in [1.54, 1.807) is 0 Å². The van der Waals surface area contributed by atoms with Crippen molar-refractivity contribution in [3.8, 4) is 17.1 Å². The van der Waals surface area contributed by atoms with Crippen molar-refractivity contribution >= 4 is 22.0 Å². The highest BCUT2D eigenvalue weighted by Gasteiger charge is 2.23. The van der Waals surface area contributed by atoms with Gasteiger partial charge in [0.2, 0.25) is 0 Å². The predicted molar refractivity (Wildman–Crippen MR) is 139 cm³/mol. The lowest BCUT2D eigenvalue weighted by Crippen LogP contribution is -2.08. The van der Waals surface area contributed by atoms with Crippen molar-refractivity contribution in [3.63, 3.8) is 0 Å². The van der Waals surface area contributed by atoms with E-state index >= 15 is 0 Å². The Bertz CT molecular complexity index is 1470. The van der Waals surface area contributed by atoms with E-state index in [4.69, 9.17) is 10.8 Å². The standard InChI is InChI=1S/C30H32N2O/c1-18(2)21-14-15-24-25(17-33-28(24)16-21)30-31-26-12-7-8-13-27(26)32(30)29-22(19(3)4)10-9-11-23(29)20(5)6/h7-20H,1-6H3/i18D. The van der Waals surface area contributed by atoms with Crippen LogP contribution in [-0.2, 0) is 0 Å². The van der Waals surface area contributed by atoms with Gasteiger partial charge in [0, 0.05) is 6.76 Å². The van der Waals surface area contributed by atoms with E-state index in [0.717, 1.165) is 39.0 Å². The molecule has 5 aromatic rings. The quantitative estimate of drug-likeness (QED) is 0.275. The number of imidazole rings is 1. The van der Waals surface area contributed by atoms with Gasteiger partial charge in [0.15, 0.2) is 0 Å². The molecule has 0 atom stereocenters. The third kappa shape index (κ3) is 3.56. The number of aromatic nitrogens is 2. The molecule has 0 bridgehead atoms. The summed E-state index contributed by atoms with van der Waals surface area (Å²) >= 11 is 0. The second kappa shape index (κ2) is 8.22. The van der Waals surface area contributed by atoms with Crippen LogP contribution in [0.4, 0.5) is 0 Å². The number of rotatable bonds is 5. The summed E-state index contributed by atoms with van der Waals surface area (Å²) in [5.74, 6) is 0.931. The fourth-order valence-electron chi connectivity index (χ4n) is 4.72. The van der Waals surface area contributed by atoms with Crippen LogP contribution in [0.15, 0.2) is 71.3 Å². The monoisotopic (exact) mass is 437 g/mol. The van der Waals surface area contributed by atoms with E-state index in [2.05, 4.69) is 74.7 Å². The third-order valence-corrected chi connectivity index (χ3v) is 6.52. The van der Waals surface area contributed by atoms with E-state index in [-0.39, 0.29) is 0 Å². The molecule has 0 aliphatic rings. The zero-order valence-corrected chi connectivity index (χ0v) is 20.3. The molecule has 0 spiro atoms. The first-order chi connectivity index (χ1) is 16.2. The summed E-state index contributed by atoms with van der Waals surface area (Å²) in [6, 6.07) is 21.1. The highest BCUT2D eigenvalue weighted by atomic mass is 16.3. The Morgan fingerprint density at radius 1 is 0.848 bits per heavy atom. The van der Waals surface area contributed by atoms with Crippen LogP contribution in [0.5, 0.6) is 0 Å². The lowest BCUT2D eigenvalue weighted by atomic mass is 9.92. The Kier molecular flexibility index (Phi) is 5.05. The number of nitrogens with zero attached hydrogens (tertiary/aromatic N) is 2. The molecule has 0 saturated heterocycles. The molecule has 2 aromatic heterocycles. The second-order valence-corrected chi connectivity index (χ2v) is 9.71. The maximum atomic E-state index is 8.41. The van der Waals surface area contributed by atoms with E-state index < -0.39 is 5.89 Å². The van der Waals surface area contributed by atoms with Crippen LogP contribution in [0.1, 0.15) is 77.3 Å². The predicted octanol–water partition coefficient (Wildman–Crippen LogP) is 8.81. The molecule has 0 amide bonds. The molecular formula is C30H32N2O. The van der Waals surface area contributed by atoms with Gasteiger partial charge < -0.3 is 4.42 Å². The molecule has 0 aliphatic carbocycles. The maximum Gasteiger partial charge on any atom is 0.149 e. The lowest BCUT2D eigenvalue weighted by Gasteiger charge is -2.22. The highest BCUT2D eigenvalue weighted by Crippen LogP contribution is 2.39. The van der Waals surface area contributed by atoms with Crippen LogP contribution in [0.2, 0.25) is 0 Å². The van der Waals surface area contributed by atoms with Gasteiger partial charge in [-0.25, -0.2) is 4.98 Å². The molecule has 33 heavy (non-hydrogen) atoms. The largest absolute Gasteiger partial charge is 0.464 e. The van der Waals surface area contributed by atoms with Gasteiger partial charge in [-0.1, -0.05) is 84.0 Å². The lowest BCUT2D eigenvalue weighted by molar-refractivity contribution is 0.615. The summed E-state index contributed by atoms with van der Waals surface area (Å²) in [5, 5.41) is 1.01. The van der Waals surface area contributed by atoms with Gasteiger partial charge >= 0.3 is 0 Å². The molecule has 0 N–H and O–H groups in total. The Morgan fingerprint density at radius 3 is 2.21 bits per heavy atom. The van der Waals surface area contributed by atoms with E-state index in [1.165, 1.54) is 16.8 Å². The summed E-state index contributed by atoms with van der Waals surface area (Å²) in [6.07, 6.45) is 1.82. The maximum absolute atomic E-state index is 8.41.